The van der Waals surface area contributed by atoms with Crippen LogP contribution in [0.3, 0.4) is 0 Å². The smallest absolute Gasteiger partial charge is 0.262 e. The first kappa shape index (κ1) is 11.5. The van der Waals surface area contributed by atoms with Gasteiger partial charge in [0.15, 0.2) is 0 Å². The number of carbonyl (C=O) groups excluding carboxylic acids is 1. The molecule has 0 saturated carbocycles. The fraction of sp³-hybridized carbons (Fsp3) is 0.154. The second-order valence-electron chi connectivity index (χ2n) is 3.52. The number of hydrogen-bond acceptors (Lipinski definition) is 3. The Morgan fingerprint density at radius 2 is 2.29 bits per heavy atom. The highest BCUT2D eigenvalue weighted by Crippen LogP contribution is 2.27. The lowest BCUT2D eigenvalue weighted by Crippen LogP contribution is -2.22. The predicted molar refractivity (Wildman–Crippen MR) is 72.0 cm³/mol. The molecule has 3 nitrogen and oxygen atoms in total. The van der Waals surface area contributed by atoms with E-state index >= 15 is 0 Å². The molecule has 0 unspecified atom stereocenters. The van der Waals surface area contributed by atoms with Crippen LogP contribution in [0, 0.1) is 11.8 Å². The normalized spacial score (nSPS) is 9.71. The van der Waals surface area contributed by atoms with Gasteiger partial charge in [-0.15, -0.1) is 17.3 Å². The van der Waals surface area contributed by atoms with E-state index in [1.54, 1.807) is 6.92 Å². The number of nitrogens with one attached hydrogen (secondary N) is 1. The topological polar surface area (TPSA) is 55.1 Å². The van der Waals surface area contributed by atoms with E-state index < -0.39 is 0 Å². The van der Waals surface area contributed by atoms with Crippen LogP contribution in [-0.2, 0) is 0 Å². The summed E-state index contributed by atoms with van der Waals surface area (Å²) in [5, 5.41) is 3.74. The molecule has 4 heteroatoms. The summed E-state index contributed by atoms with van der Waals surface area (Å²) in [6.45, 7) is 2.13. The van der Waals surface area contributed by atoms with Gasteiger partial charge in [0.25, 0.3) is 5.91 Å². The molecule has 3 N–H and O–H groups in total. The maximum Gasteiger partial charge on any atom is 0.262 e. The number of hydrogen-bond donors (Lipinski definition) is 2. The van der Waals surface area contributed by atoms with Crippen molar-refractivity contribution >= 4 is 33.0 Å². The number of nitrogens with two attached hydrogens (primary N) is 1. The highest BCUT2D eigenvalue weighted by atomic mass is 32.1. The van der Waals surface area contributed by atoms with Crippen molar-refractivity contribution in [3.8, 4) is 11.8 Å². The lowest BCUT2D eigenvalue weighted by Gasteiger charge is -1.96. The van der Waals surface area contributed by atoms with Crippen molar-refractivity contribution < 1.29 is 4.79 Å². The molecule has 0 saturated heterocycles. The Morgan fingerprint density at radius 1 is 1.47 bits per heavy atom. The molecule has 1 aromatic carbocycles. The molecule has 0 atom stereocenters. The summed E-state index contributed by atoms with van der Waals surface area (Å²) in [7, 11) is 0. The van der Waals surface area contributed by atoms with Crippen molar-refractivity contribution in [2.45, 2.75) is 6.92 Å². The average Bonchev–Trinajstić information content (AvgIpc) is 2.72. The zero-order chi connectivity index (χ0) is 12.3. The lowest BCUT2D eigenvalue weighted by atomic mass is 10.2. The fourth-order valence-electron chi connectivity index (χ4n) is 1.47. The van der Waals surface area contributed by atoms with Crippen LogP contribution in [0.5, 0.6) is 0 Å². The van der Waals surface area contributed by atoms with E-state index in [1.165, 1.54) is 11.3 Å². The van der Waals surface area contributed by atoms with Gasteiger partial charge in [0.05, 0.1) is 11.4 Å². The highest BCUT2D eigenvalue weighted by molar-refractivity contribution is 7.20. The summed E-state index contributed by atoms with van der Waals surface area (Å²) in [6.07, 6.45) is 0. The van der Waals surface area contributed by atoms with Gasteiger partial charge < -0.3 is 11.1 Å². The van der Waals surface area contributed by atoms with Gasteiger partial charge in [-0.05, 0) is 36.6 Å². The molecule has 0 aliphatic rings. The summed E-state index contributed by atoms with van der Waals surface area (Å²) in [5.41, 5.74) is 6.40. The minimum atomic E-state index is -0.0903. The maximum absolute atomic E-state index is 11.8. The zero-order valence-electron chi connectivity index (χ0n) is 9.41. The molecule has 2 aromatic rings. The largest absolute Gasteiger partial charge is 0.399 e. The standard InChI is InChI=1S/C13H12N2OS/c1-2-3-6-15-13(16)12-8-9-7-10(14)4-5-11(9)17-12/h4-5,7-8H,6,14H2,1H3,(H,15,16). The van der Waals surface area contributed by atoms with Crippen LogP contribution >= 0.6 is 11.3 Å². The Labute approximate surface area is 104 Å². The number of fused-ring (bicyclic) bond motifs is 1. The van der Waals surface area contributed by atoms with Gasteiger partial charge in [0.1, 0.15) is 0 Å². The van der Waals surface area contributed by atoms with Crippen LogP contribution in [0.1, 0.15) is 16.6 Å². The summed E-state index contributed by atoms with van der Waals surface area (Å²) in [4.78, 5) is 12.5. The molecule has 0 radical (unpaired) electrons. The predicted octanol–water partition coefficient (Wildman–Crippen LogP) is 2.24. The fourth-order valence-corrected chi connectivity index (χ4v) is 2.43. The monoisotopic (exact) mass is 244 g/mol. The minimum absolute atomic E-state index is 0.0903. The van der Waals surface area contributed by atoms with Gasteiger partial charge in [-0.3, -0.25) is 4.79 Å². The van der Waals surface area contributed by atoms with Gasteiger partial charge in [-0.1, -0.05) is 5.92 Å². The Hall–Kier alpha value is -1.99. The van der Waals surface area contributed by atoms with Gasteiger partial charge in [-0.2, -0.15) is 0 Å². The molecule has 0 aliphatic carbocycles. The molecule has 0 spiro atoms. The first-order chi connectivity index (χ1) is 8.20. The van der Waals surface area contributed by atoms with Gasteiger partial charge in [0, 0.05) is 10.4 Å². The summed E-state index contributed by atoms with van der Waals surface area (Å²) >= 11 is 1.46. The number of anilines is 1. The van der Waals surface area contributed by atoms with E-state index in [1.807, 2.05) is 24.3 Å². The van der Waals surface area contributed by atoms with Crippen molar-refractivity contribution in [1.29, 1.82) is 0 Å². The van der Waals surface area contributed by atoms with Crippen molar-refractivity contribution in [2.75, 3.05) is 12.3 Å². The molecule has 0 fully saturated rings. The molecular formula is C13H12N2OS. The van der Waals surface area contributed by atoms with Crippen molar-refractivity contribution in [1.82, 2.24) is 5.32 Å². The number of carbonyl (C=O) groups is 1. The SMILES string of the molecule is CC#CCNC(=O)c1cc2cc(N)ccc2s1. The van der Waals surface area contributed by atoms with Crippen molar-refractivity contribution in [3.05, 3.63) is 29.1 Å². The van der Waals surface area contributed by atoms with Gasteiger partial charge in [0.2, 0.25) is 0 Å². The molecule has 86 valence electrons. The number of rotatable bonds is 2. The molecular weight excluding hydrogens is 232 g/mol. The van der Waals surface area contributed by atoms with Crippen LogP contribution in [0.4, 0.5) is 5.69 Å². The van der Waals surface area contributed by atoms with Gasteiger partial charge >= 0.3 is 0 Å². The first-order valence-electron chi connectivity index (χ1n) is 5.17. The summed E-state index contributed by atoms with van der Waals surface area (Å²) in [5.74, 6) is 5.43. The third-order valence-corrected chi connectivity index (χ3v) is 3.39. The number of amides is 1. The van der Waals surface area contributed by atoms with E-state index in [9.17, 15) is 4.79 Å². The summed E-state index contributed by atoms with van der Waals surface area (Å²) < 4.78 is 1.06. The van der Waals surface area contributed by atoms with Crippen LogP contribution in [0.25, 0.3) is 10.1 Å². The molecule has 17 heavy (non-hydrogen) atoms. The van der Waals surface area contributed by atoms with Gasteiger partial charge in [-0.25, -0.2) is 0 Å². The van der Waals surface area contributed by atoms with E-state index in [4.69, 9.17) is 5.73 Å². The molecule has 0 bridgehead atoms. The molecule has 2 rings (SSSR count). The molecule has 1 amide bonds. The number of thiophene rings is 1. The number of benzene rings is 1. The second kappa shape index (κ2) is 4.89. The average molecular weight is 244 g/mol. The third kappa shape index (κ3) is 2.58. The third-order valence-electron chi connectivity index (χ3n) is 2.28. The van der Waals surface area contributed by atoms with Crippen LogP contribution < -0.4 is 11.1 Å². The molecule has 1 heterocycles. The van der Waals surface area contributed by atoms with E-state index in [0.29, 0.717) is 17.1 Å². The zero-order valence-corrected chi connectivity index (χ0v) is 10.2. The molecule has 1 aromatic heterocycles. The van der Waals surface area contributed by atoms with Crippen LogP contribution in [0.15, 0.2) is 24.3 Å². The van der Waals surface area contributed by atoms with Crippen LogP contribution in [-0.4, -0.2) is 12.5 Å². The highest BCUT2D eigenvalue weighted by Gasteiger charge is 2.09. The maximum atomic E-state index is 11.8. The lowest BCUT2D eigenvalue weighted by molar-refractivity contribution is 0.0963. The first-order valence-corrected chi connectivity index (χ1v) is 5.99. The molecule has 0 aliphatic heterocycles. The minimum Gasteiger partial charge on any atom is -0.399 e. The van der Waals surface area contributed by atoms with E-state index in [0.717, 1.165) is 10.1 Å². The Bertz CT molecular complexity index is 619. The quantitative estimate of drug-likeness (QED) is 0.628. The Morgan fingerprint density at radius 3 is 3.06 bits per heavy atom. The Kier molecular flexibility index (Phi) is 3.31. The van der Waals surface area contributed by atoms with Crippen molar-refractivity contribution in [3.63, 3.8) is 0 Å². The van der Waals surface area contributed by atoms with E-state index in [-0.39, 0.29) is 5.91 Å². The number of nitrogen functional groups attached to an aromatic ring is 1. The second-order valence-corrected chi connectivity index (χ2v) is 4.60. The summed E-state index contributed by atoms with van der Waals surface area (Å²) in [6, 6.07) is 7.49. The van der Waals surface area contributed by atoms with E-state index in [2.05, 4.69) is 17.2 Å². The van der Waals surface area contributed by atoms with Crippen LogP contribution in [0.2, 0.25) is 0 Å². The van der Waals surface area contributed by atoms with Crippen molar-refractivity contribution in [2.24, 2.45) is 0 Å². The Balaban J connectivity index is 2.23.